The predicted octanol–water partition coefficient (Wildman–Crippen LogP) is 4.05. The summed E-state index contributed by atoms with van der Waals surface area (Å²) in [5.74, 6) is 0.786. The molecule has 0 bridgehead atoms. The molecule has 0 aliphatic carbocycles. The van der Waals surface area contributed by atoms with Gasteiger partial charge in [0.05, 0.1) is 0 Å². The van der Waals surface area contributed by atoms with E-state index in [9.17, 15) is 4.79 Å². The summed E-state index contributed by atoms with van der Waals surface area (Å²) in [5, 5.41) is 0. The number of aryl methyl sites for hydroxylation is 1. The number of halogens is 1. The first kappa shape index (κ1) is 14.6. The summed E-state index contributed by atoms with van der Waals surface area (Å²) in [5.41, 5.74) is 2.16. The highest BCUT2D eigenvalue weighted by molar-refractivity contribution is 9.10. The molecule has 0 saturated heterocycles. The van der Waals surface area contributed by atoms with Crippen molar-refractivity contribution in [1.29, 1.82) is 0 Å². The van der Waals surface area contributed by atoms with Crippen LogP contribution in [0.3, 0.4) is 0 Å². The Balaban J connectivity index is 1.92. The van der Waals surface area contributed by atoms with Crippen molar-refractivity contribution in [3.8, 4) is 11.5 Å². The van der Waals surface area contributed by atoms with E-state index in [0.29, 0.717) is 11.5 Å². The van der Waals surface area contributed by atoms with Gasteiger partial charge in [0.15, 0.2) is 6.61 Å². The minimum Gasteiger partial charge on any atom is -0.482 e. The maximum atomic E-state index is 11.7. The zero-order chi connectivity index (χ0) is 14.5. The van der Waals surface area contributed by atoms with Gasteiger partial charge in [-0.2, -0.15) is 0 Å². The van der Waals surface area contributed by atoms with Crippen LogP contribution in [-0.4, -0.2) is 12.6 Å². The minimum absolute atomic E-state index is 0.111. The number of carbonyl (C=O) groups excluding carboxylic acids is 1. The van der Waals surface area contributed by atoms with Gasteiger partial charge in [0.25, 0.3) is 0 Å². The fourth-order valence-corrected chi connectivity index (χ4v) is 1.95. The third-order valence-electron chi connectivity index (χ3n) is 2.95. The van der Waals surface area contributed by atoms with Gasteiger partial charge in [-0.1, -0.05) is 28.1 Å². The van der Waals surface area contributed by atoms with E-state index in [4.69, 9.17) is 9.47 Å². The van der Waals surface area contributed by atoms with E-state index in [2.05, 4.69) is 15.9 Å². The number of hydrogen-bond donors (Lipinski definition) is 0. The van der Waals surface area contributed by atoms with Crippen LogP contribution < -0.4 is 9.47 Å². The molecule has 0 aliphatic heterocycles. The Morgan fingerprint density at radius 3 is 2.50 bits per heavy atom. The van der Waals surface area contributed by atoms with Gasteiger partial charge in [0.2, 0.25) is 0 Å². The standard InChI is InChI=1S/C16H15BrO3/c1-11-4-3-5-15(12(11)2)19-10-16(18)20-14-8-6-13(17)7-9-14/h3-9H,10H2,1-2H3. The normalized spacial score (nSPS) is 10.2. The number of esters is 1. The molecule has 0 heterocycles. The lowest BCUT2D eigenvalue weighted by Gasteiger charge is -2.10. The van der Waals surface area contributed by atoms with Crippen molar-refractivity contribution in [3.63, 3.8) is 0 Å². The van der Waals surface area contributed by atoms with Crippen molar-refractivity contribution in [3.05, 3.63) is 58.1 Å². The van der Waals surface area contributed by atoms with E-state index in [1.165, 1.54) is 0 Å². The molecule has 2 rings (SSSR count). The number of rotatable bonds is 4. The summed E-state index contributed by atoms with van der Waals surface area (Å²) in [4.78, 5) is 11.7. The third-order valence-corrected chi connectivity index (χ3v) is 3.47. The zero-order valence-corrected chi connectivity index (χ0v) is 12.9. The fraction of sp³-hybridized carbons (Fsp3) is 0.188. The lowest BCUT2D eigenvalue weighted by Crippen LogP contribution is -2.18. The average molecular weight is 335 g/mol. The van der Waals surface area contributed by atoms with Crippen LogP contribution in [0.15, 0.2) is 46.9 Å². The number of ether oxygens (including phenoxy) is 2. The van der Waals surface area contributed by atoms with E-state index in [1.807, 2.05) is 44.2 Å². The van der Waals surface area contributed by atoms with Crippen molar-refractivity contribution in [2.45, 2.75) is 13.8 Å². The van der Waals surface area contributed by atoms with Crippen molar-refractivity contribution in [2.75, 3.05) is 6.61 Å². The summed E-state index contributed by atoms with van der Waals surface area (Å²) in [7, 11) is 0. The molecule has 104 valence electrons. The molecule has 2 aromatic rings. The highest BCUT2D eigenvalue weighted by Crippen LogP contribution is 2.21. The first-order chi connectivity index (χ1) is 9.56. The van der Waals surface area contributed by atoms with Crippen molar-refractivity contribution in [1.82, 2.24) is 0 Å². The molecule has 0 fully saturated rings. The maximum absolute atomic E-state index is 11.7. The Kier molecular flexibility index (Phi) is 4.79. The van der Waals surface area contributed by atoms with Crippen LogP contribution in [0.2, 0.25) is 0 Å². The van der Waals surface area contributed by atoms with Gasteiger partial charge in [-0.15, -0.1) is 0 Å². The third kappa shape index (κ3) is 3.84. The van der Waals surface area contributed by atoms with E-state index in [-0.39, 0.29) is 6.61 Å². The Labute approximate surface area is 126 Å². The minimum atomic E-state index is -0.423. The van der Waals surface area contributed by atoms with Gasteiger partial charge < -0.3 is 9.47 Å². The zero-order valence-electron chi connectivity index (χ0n) is 11.4. The Bertz CT molecular complexity index is 606. The van der Waals surface area contributed by atoms with Gasteiger partial charge in [-0.3, -0.25) is 0 Å². The van der Waals surface area contributed by atoms with Crippen LogP contribution in [0, 0.1) is 13.8 Å². The second kappa shape index (κ2) is 6.57. The molecule has 0 radical (unpaired) electrons. The topological polar surface area (TPSA) is 35.5 Å². The van der Waals surface area contributed by atoms with E-state index in [0.717, 1.165) is 15.6 Å². The van der Waals surface area contributed by atoms with Crippen molar-refractivity contribution >= 4 is 21.9 Å². The molecule has 3 nitrogen and oxygen atoms in total. The summed E-state index contributed by atoms with van der Waals surface area (Å²) < 4.78 is 11.6. The first-order valence-corrected chi connectivity index (χ1v) is 7.01. The van der Waals surface area contributed by atoms with Crippen LogP contribution >= 0.6 is 15.9 Å². The summed E-state index contributed by atoms with van der Waals surface area (Å²) in [6.07, 6.45) is 0. The molecule has 2 aromatic carbocycles. The lowest BCUT2D eigenvalue weighted by atomic mass is 10.1. The summed E-state index contributed by atoms with van der Waals surface area (Å²) in [6.45, 7) is 3.85. The maximum Gasteiger partial charge on any atom is 0.349 e. The molecule has 0 atom stereocenters. The number of carbonyl (C=O) groups is 1. The van der Waals surface area contributed by atoms with Gasteiger partial charge in [0.1, 0.15) is 11.5 Å². The van der Waals surface area contributed by atoms with Crippen molar-refractivity contribution in [2.24, 2.45) is 0 Å². The Morgan fingerprint density at radius 2 is 1.80 bits per heavy atom. The largest absolute Gasteiger partial charge is 0.482 e. The highest BCUT2D eigenvalue weighted by Gasteiger charge is 2.08. The van der Waals surface area contributed by atoms with Crippen LogP contribution in [0.25, 0.3) is 0 Å². The van der Waals surface area contributed by atoms with Crippen molar-refractivity contribution < 1.29 is 14.3 Å². The number of hydrogen-bond acceptors (Lipinski definition) is 3. The Morgan fingerprint density at radius 1 is 1.10 bits per heavy atom. The summed E-state index contributed by atoms with van der Waals surface area (Å²) >= 11 is 3.32. The van der Waals surface area contributed by atoms with Crippen LogP contribution in [0.1, 0.15) is 11.1 Å². The second-order valence-corrected chi connectivity index (χ2v) is 5.33. The van der Waals surface area contributed by atoms with Gasteiger partial charge >= 0.3 is 5.97 Å². The molecular weight excluding hydrogens is 320 g/mol. The second-order valence-electron chi connectivity index (χ2n) is 4.41. The highest BCUT2D eigenvalue weighted by atomic mass is 79.9. The predicted molar refractivity (Wildman–Crippen MR) is 81.2 cm³/mol. The smallest absolute Gasteiger partial charge is 0.349 e. The lowest BCUT2D eigenvalue weighted by molar-refractivity contribution is -0.136. The van der Waals surface area contributed by atoms with Crippen LogP contribution in [0.4, 0.5) is 0 Å². The molecule has 0 N–H and O–H groups in total. The average Bonchev–Trinajstić information content (AvgIpc) is 2.43. The molecule has 0 spiro atoms. The Hall–Kier alpha value is -1.81. The van der Waals surface area contributed by atoms with Crippen LogP contribution in [0.5, 0.6) is 11.5 Å². The van der Waals surface area contributed by atoms with Gasteiger partial charge in [-0.05, 0) is 55.3 Å². The first-order valence-electron chi connectivity index (χ1n) is 6.21. The van der Waals surface area contributed by atoms with Gasteiger partial charge in [0, 0.05) is 4.47 Å². The molecule has 0 aromatic heterocycles. The molecule has 0 amide bonds. The molecule has 0 saturated carbocycles. The SMILES string of the molecule is Cc1cccc(OCC(=O)Oc2ccc(Br)cc2)c1C. The molecule has 0 aliphatic rings. The number of benzene rings is 2. The van der Waals surface area contributed by atoms with E-state index >= 15 is 0 Å². The molecule has 4 heteroatoms. The van der Waals surface area contributed by atoms with E-state index < -0.39 is 5.97 Å². The molecular formula is C16H15BrO3. The monoisotopic (exact) mass is 334 g/mol. The van der Waals surface area contributed by atoms with E-state index in [1.54, 1.807) is 12.1 Å². The molecule has 20 heavy (non-hydrogen) atoms. The fourth-order valence-electron chi connectivity index (χ4n) is 1.68. The van der Waals surface area contributed by atoms with Gasteiger partial charge in [-0.25, -0.2) is 4.79 Å². The quantitative estimate of drug-likeness (QED) is 0.625. The summed E-state index contributed by atoms with van der Waals surface area (Å²) in [6, 6.07) is 12.8. The van der Waals surface area contributed by atoms with Crippen LogP contribution in [-0.2, 0) is 4.79 Å². The molecule has 0 unspecified atom stereocenters.